The Labute approximate surface area is 233 Å². The second-order valence-corrected chi connectivity index (χ2v) is 9.94. The van der Waals surface area contributed by atoms with Crippen LogP contribution in [0.25, 0.3) is 11.0 Å². The summed E-state index contributed by atoms with van der Waals surface area (Å²) in [6, 6.07) is 18.6. The summed E-state index contributed by atoms with van der Waals surface area (Å²) in [5.41, 5.74) is 1.89. The summed E-state index contributed by atoms with van der Waals surface area (Å²) in [6.45, 7) is 5.73. The third-order valence-corrected chi connectivity index (χ3v) is 6.88. The van der Waals surface area contributed by atoms with Crippen LogP contribution < -0.4 is 24.4 Å². The van der Waals surface area contributed by atoms with Crippen molar-refractivity contribution in [3.8, 4) is 17.2 Å². The van der Waals surface area contributed by atoms with Gasteiger partial charge in [-0.05, 0) is 62.2 Å². The fourth-order valence-corrected chi connectivity index (χ4v) is 4.37. The lowest BCUT2D eigenvalue weighted by Gasteiger charge is -2.35. The fraction of sp³-hybridized carbons (Fsp3) is 0.333. The van der Waals surface area contributed by atoms with E-state index < -0.39 is 11.6 Å². The van der Waals surface area contributed by atoms with Crippen LogP contribution in [0.5, 0.6) is 17.2 Å². The summed E-state index contributed by atoms with van der Waals surface area (Å²) in [7, 11) is 4.62. The van der Waals surface area contributed by atoms with Gasteiger partial charge >= 0.3 is 0 Å². The van der Waals surface area contributed by atoms with Crippen molar-refractivity contribution < 1.29 is 23.8 Å². The van der Waals surface area contributed by atoms with Crippen molar-refractivity contribution in [1.29, 1.82) is 0 Å². The molecule has 0 aliphatic carbocycles. The summed E-state index contributed by atoms with van der Waals surface area (Å²) < 4.78 is 18.0. The molecule has 3 aromatic carbocycles. The van der Waals surface area contributed by atoms with Crippen LogP contribution in [0.2, 0.25) is 0 Å². The van der Waals surface area contributed by atoms with Crippen molar-refractivity contribution >= 4 is 28.5 Å². The van der Waals surface area contributed by atoms with Crippen LogP contribution in [0, 0.1) is 0 Å². The van der Waals surface area contributed by atoms with E-state index in [0.29, 0.717) is 46.0 Å². The molecule has 4 rings (SSSR count). The SMILES string of the molecule is CCC(C)(C)NC(=O)[C@@H](c1ccc(OC)c(OC)c1)N(C(=O)Cn1nnc2ccccc21)c1cccc(OC)c1. The van der Waals surface area contributed by atoms with E-state index in [1.165, 1.54) is 16.7 Å². The number of nitrogens with one attached hydrogen (secondary N) is 1. The molecule has 10 nitrogen and oxygen atoms in total. The Morgan fingerprint density at radius 2 is 1.70 bits per heavy atom. The van der Waals surface area contributed by atoms with Crippen LogP contribution in [0.15, 0.2) is 66.7 Å². The highest BCUT2D eigenvalue weighted by molar-refractivity contribution is 6.02. The number of para-hydroxylation sites is 1. The van der Waals surface area contributed by atoms with Gasteiger partial charge in [-0.2, -0.15) is 0 Å². The molecule has 0 bridgehead atoms. The van der Waals surface area contributed by atoms with Crippen LogP contribution in [0.3, 0.4) is 0 Å². The lowest BCUT2D eigenvalue weighted by Crippen LogP contribution is -2.51. The zero-order chi connectivity index (χ0) is 28.9. The number of hydrogen-bond donors (Lipinski definition) is 1. The molecule has 0 aliphatic rings. The summed E-state index contributed by atoms with van der Waals surface area (Å²) in [4.78, 5) is 29.8. The molecule has 1 aromatic heterocycles. The standard InChI is InChI=1S/C30H35N5O5/c1-7-30(2,3)31-29(37)28(20-15-16-25(39-5)26(17-20)40-6)35(21-11-10-12-22(18-21)38-4)27(36)19-34-24-14-9-8-13-23(24)32-33-34/h8-18,28H,7,19H2,1-6H3,(H,31,37)/t28-/m1/s1. The number of aromatic nitrogens is 3. The van der Waals surface area contributed by atoms with Crippen molar-refractivity contribution in [2.75, 3.05) is 26.2 Å². The number of methoxy groups -OCH3 is 3. The van der Waals surface area contributed by atoms with Gasteiger partial charge in [0.2, 0.25) is 11.8 Å². The molecular formula is C30H35N5O5. The van der Waals surface area contributed by atoms with Crippen LogP contribution >= 0.6 is 0 Å². The van der Waals surface area contributed by atoms with Crippen molar-refractivity contribution in [2.45, 2.75) is 45.3 Å². The zero-order valence-corrected chi connectivity index (χ0v) is 23.7. The maximum atomic E-state index is 14.2. The number of fused-ring (bicyclic) bond motifs is 1. The average Bonchev–Trinajstić information content (AvgIpc) is 3.37. The number of carbonyl (C=O) groups excluding carboxylic acids is 2. The van der Waals surface area contributed by atoms with E-state index in [4.69, 9.17) is 14.2 Å². The third kappa shape index (κ3) is 6.01. The van der Waals surface area contributed by atoms with E-state index in [9.17, 15) is 9.59 Å². The van der Waals surface area contributed by atoms with E-state index in [1.807, 2.05) is 45.0 Å². The van der Waals surface area contributed by atoms with Gasteiger partial charge in [0.25, 0.3) is 0 Å². The molecule has 10 heteroatoms. The van der Waals surface area contributed by atoms with Crippen molar-refractivity contribution in [2.24, 2.45) is 0 Å². The summed E-state index contributed by atoms with van der Waals surface area (Å²) in [6.07, 6.45) is 0.690. The van der Waals surface area contributed by atoms with E-state index in [-0.39, 0.29) is 18.4 Å². The molecule has 0 aliphatic heterocycles. The highest BCUT2D eigenvalue weighted by Crippen LogP contribution is 2.36. The number of benzene rings is 3. The predicted molar refractivity (Wildman–Crippen MR) is 153 cm³/mol. The lowest BCUT2D eigenvalue weighted by molar-refractivity contribution is -0.128. The average molecular weight is 546 g/mol. The molecule has 0 spiro atoms. The second kappa shape index (κ2) is 12.1. The van der Waals surface area contributed by atoms with Crippen molar-refractivity contribution in [1.82, 2.24) is 20.3 Å². The molecule has 210 valence electrons. The maximum absolute atomic E-state index is 14.2. The summed E-state index contributed by atoms with van der Waals surface area (Å²) in [5, 5.41) is 11.5. The normalized spacial score (nSPS) is 12.1. The molecule has 0 radical (unpaired) electrons. The molecule has 0 saturated heterocycles. The molecule has 4 aromatic rings. The molecular weight excluding hydrogens is 510 g/mol. The Kier molecular flexibility index (Phi) is 8.57. The minimum absolute atomic E-state index is 0.147. The molecule has 1 N–H and O–H groups in total. The number of amides is 2. The van der Waals surface area contributed by atoms with E-state index >= 15 is 0 Å². The van der Waals surface area contributed by atoms with Gasteiger partial charge in [0.1, 0.15) is 23.9 Å². The van der Waals surface area contributed by atoms with E-state index in [2.05, 4.69) is 15.6 Å². The number of hydrogen-bond acceptors (Lipinski definition) is 7. The molecule has 2 amide bonds. The van der Waals surface area contributed by atoms with Gasteiger partial charge in [0, 0.05) is 17.3 Å². The van der Waals surface area contributed by atoms with E-state index in [0.717, 1.165) is 0 Å². The molecule has 0 fully saturated rings. The van der Waals surface area contributed by atoms with Gasteiger partial charge in [0.05, 0.1) is 26.8 Å². The number of carbonyl (C=O) groups is 2. The van der Waals surface area contributed by atoms with Gasteiger partial charge in [0.15, 0.2) is 11.5 Å². The van der Waals surface area contributed by atoms with Gasteiger partial charge in [-0.3, -0.25) is 14.5 Å². The minimum Gasteiger partial charge on any atom is -0.497 e. The minimum atomic E-state index is -1.06. The van der Waals surface area contributed by atoms with Gasteiger partial charge < -0.3 is 19.5 Å². The molecule has 0 saturated carbocycles. The first-order valence-corrected chi connectivity index (χ1v) is 13.0. The highest BCUT2D eigenvalue weighted by Gasteiger charge is 2.36. The Morgan fingerprint density at radius 1 is 0.950 bits per heavy atom. The summed E-state index contributed by atoms with van der Waals surface area (Å²) in [5.74, 6) is 0.772. The van der Waals surface area contributed by atoms with Crippen LogP contribution in [0.4, 0.5) is 5.69 Å². The first-order chi connectivity index (χ1) is 19.2. The number of nitrogens with zero attached hydrogens (tertiary/aromatic N) is 4. The number of rotatable bonds is 11. The lowest BCUT2D eigenvalue weighted by atomic mass is 9.97. The monoisotopic (exact) mass is 545 g/mol. The highest BCUT2D eigenvalue weighted by atomic mass is 16.5. The van der Waals surface area contributed by atoms with Crippen molar-refractivity contribution in [3.05, 3.63) is 72.3 Å². The van der Waals surface area contributed by atoms with Gasteiger partial charge in [-0.15, -0.1) is 5.10 Å². The zero-order valence-electron chi connectivity index (χ0n) is 23.7. The Morgan fingerprint density at radius 3 is 2.40 bits per heavy atom. The third-order valence-electron chi connectivity index (χ3n) is 6.88. The second-order valence-electron chi connectivity index (χ2n) is 9.94. The van der Waals surface area contributed by atoms with Crippen LogP contribution in [-0.4, -0.2) is 53.7 Å². The Hall–Kier alpha value is -4.60. The maximum Gasteiger partial charge on any atom is 0.249 e. The quantitative estimate of drug-likeness (QED) is 0.295. The summed E-state index contributed by atoms with van der Waals surface area (Å²) >= 11 is 0. The molecule has 1 heterocycles. The van der Waals surface area contributed by atoms with Crippen LogP contribution in [-0.2, 0) is 16.1 Å². The Balaban J connectivity index is 1.88. The first-order valence-electron chi connectivity index (χ1n) is 13.0. The van der Waals surface area contributed by atoms with Crippen LogP contribution in [0.1, 0.15) is 38.8 Å². The molecule has 40 heavy (non-hydrogen) atoms. The smallest absolute Gasteiger partial charge is 0.249 e. The first kappa shape index (κ1) is 28.4. The topological polar surface area (TPSA) is 108 Å². The van der Waals surface area contributed by atoms with E-state index in [1.54, 1.807) is 56.7 Å². The number of ether oxygens (including phenoxy) is 3. The number of anilines is 1. The predicted octanol–water partition coefficient (Wildman–Crippen LogP) is 4.54. The van der Waals surface area contributed by atoms with Gasteiger partial charge in [-0.25, -0.2) is 4.68 Å². The fourth-order valence-electron chi connectivity index (χ4n) is 4.37. The van der Waals surface area contributed by atoms with Gasteiger partial charge in [-0.1, -0.05) is 36.4 Å². The molecule has 1 atom stereocenters. The largest absolute Gasteiger partial charge is 0.497 e. The molecule has 0 unspecified atom stereocenters. The Bertz CT molecular complexity index is 1500. The van der Waals surface area contributed by atoms with Crippen molar-refractivity contribution in [3.63, 3.8) is 0 Å².